The lowest BCUT2D eigenvalue weighted by Gasteiger charge is -2.28. The molecule has 0 aromatic heterocycles. The molecule has 1 rings (SSSR count). The maximum atomic E-state index is 11.2. The van der Waals surface area contributed by atoms with Crippen LogP contribution in [0.15, 0.2) is 0 Å². The number of carbonyl (C=O) groups is 1. The summed E-state index contributed by atoms with van der Waals surface area (Å²) in [6.07, 6.45) is 6.90. The van der Waals surface area contributed by atoms with E-state index >= 15 is 0 Å². The highest BCUT2D eigenvalue weighted by atomic mass is 16.1. The van der Waals surface area contributed by atoms with E-state index in [4.69, 9.17) is 0 Å². The van der Waals surface area contributed by atoms with Gasteiger partial charge in [0.05, 0.1) is 0 Å². The van der Waals surface area contributed by atoms with Gasteiger partial charge in [0.15, 0.2) is 0 Å². The lowest BCUT2D eigenvalue weighted by molar-refractivity contribution is -0.121. The molecule has 0 spiro atoms. The molecular weight excluding hydrogens is 162 g/mol. The Morgan fingerprint density at radius 2 is 2.15 bits per heavy atom. The maximum absolute atomic E-state index is 11.2. The van der Waals surface area contributed by atoms with E-state index in [-0.39, 0.29) is 5.91 Å². The Bertz CT molecular complexity index is 167. The van der Waals surface area contributed by atoms with Crippen molar-refractivity contribution < 1.29 is 4.79 Å². The van der Waals surface area contributed by atoms with Gasteiger partial charge in [-0.05, 0) is 18.8 Å². The smallest absolute Gasteiger partial charge is 0.219 e. The predicted molar refractivity (Wildman–Crippen MR) is 54.5 cm³/mol. The molecule has 0 aliphatic heterocycles. The first-order chi connectivity index (χ1) is 6.26. The van der Waals surface area contributed by atoms with Gasteiger partial charge in [-0.3, -0.25) is 4.79 Å². The fraction of sp³-hybridized carbons (Fsp3) is 0.909. The van der Waals surface area contributed by atoms with E-state index in [0.717, 1.165) is 5.92 Å². The first kappa shape index (κ1) is 10.6. The topological polar surface area (TPSA) is 29.1 Å². The van der Waals surface area contributed by atoms with Gasteiger partial charge in [-0.15, -0.1) is 0 Å². The first-order valence-corrected chi connectivity index (χ1v) is 5.55. The van der Waals surface area contributed by atoms with E-state index in [0.29, 0.717) is 12.5 Å². The van der Waals surface area contributed by atoms with Crippen molar-refractivity contribution in [1.82, 2.24) is 5.32 Å². The minimum Gasteiger partial charge on any atom is -0.353 e. The van der Waals surface area contributed by atoms with Gasteiger partial charge in [0, 0.05) is 12.5 Å². The number of carbonyl (C=O) groups excluding carboxylic acids is 1. The molecule has 0 aromatic rings. The lowest BCUT2D eigenvalue weighted by Crippen LogP contribution is -2.37. The summed E-state index contributed by atoms with van der Waals surface area (Å²) < 4.78 is 0. The van der Waals surface area contributed by atoms with Crippen molar-refractivity contribution in [3.05, 3.63) is 0 Å². The number of amides is 1. The van der Waals surface area contributed by atoms with Crippen LogP contribution in [0, 0.1) is 5.92 Å². The third kappa shape index (κ3) is 3.37. The highest BCUT2D eigenvalue weighted by molar-refractivity contribution is 5.75. The van der Waals surface area contributed by atoms with Crippen molar-refractivity contribution in [2.24, 2.45) is 5.92 Å². The van der Waals surface area contributed by atoms with Crippen LogP contribution in [-0.2, 0) is 4.79 Å². The van der Waals surface area contributed by atoms with E-state index in [1.165, 1.54) is 32.1 Å². The molecule has 1 N–H and O–H groups in total. The van der Waals surface area contributed by atoms with Gasteiger partial charge >= 0.3 is 0 Å². The van der Waals surface area contributed by atoms with Crippen molar-refractivity contribution in [2.45, 2.75) is 58.4 Å². The van der Waals surface area contributed by atoms with E-state index in [2.05, 4.69) is 12.2 Å². The summed E-state index contributed by atoms with van der Waals surface area (Å²) in [6, 6.07) is 0.464. The van der Waals surface area contributed by atoms with Crippen LogP contribution in [0.2, 0.25) is 0 Å². The molecule has 2 nitrogen and oxygen atoms in total. The lowest BCUT2D eigenvalue weighted by atomic mass is 9.84. The fourth-order valence-corrected chi connectivity index (χ4v) is 2.12. The summed E-state index contributed by atoms with van der Waals surface area (Å²) in [7, 11) is 0. The van der Waals surface area contributed by atoms with E-state index in [9.17, 15) is 4.79 Å². The van der Waals surface area contributed by atoms with Crippen molar-refractivity contribution >= 4 is 5.91 Å². The van der Waals surface area contributed by atoms with Gasteiger partial charge < -0.3 is 5.32 Å². The highest BCUT2D eigenvalue weighted by Gasteiger charge is 2.21. The van der Waals surface area contributed by atoms with Crippen LogP contribution in [0.4, 0.5) is 0 Å². The zero-order chi connectivity index (χ0) is 9.68. The minimum absolute atomic E-state index is 0.210. The Morgan fingerprint density at radius 3 is 2.77 bits per heavy atom. The molecule has 13 heavy (non-hydrogen) atoms. The summed E-state index contributed by atoms with van der Waals surface area (Å²) in [5, 5.41) is 3.09. The average Bonchev–Trinajstić information content (AvgIpc) is 2.18. The van der Waals surface area contributed by atoms with E-state index in [1.54, 1.807) is 0 Å². The quantitative estimate of drug-likeness (QED) is 0.715. The van der Waals surface area contributed by atoms with Gasteiger partial charge in [-0.25, -0.2) is 0 Å². The third-order valence-corrected chi connectivity index (χ3v) is 3.05. The van der Waals surface area contributed by atoms with Gasteiger partial charge in [0.2, 0.25) is 5.91 Å². The molecule has 0 aromatic carbocycles. The fourth-order valence-electron chi connectivity index (χ4n) is 2.12. The van der Waals surface area contributed by atoms with Crippen LogP contribution >= 0.6 is 0 Å². The predicted octanol–water partition coefficient (Wildman–Crippen LogP) is 2.48. The Hall–Kier alpha value is -0.530. The minimum atomic E-state index is 0.210. The number of hydrogen-bond acceptors (Lipinski definition) is 1. The molecule has 1 amide bonds. The third-order valence-electron chi connectivity index (χ3n) is 3.05. The normalized spacial score (nSPS) is 28.5. The zero-order valence-electron chi connectivity index (χ0n) is 8.81. The second-order valence-corrected chi connectivity index (χ2v) is 4.06. The molecule has 0 bridgehead atoms. The van der Waals surface area contributed by atoms with Gasteiger partial charge in [-0.2, -0.15) is 0 Å². The molecule has 1 saturated carbocycles. The SMILES string of the molecule is CCC(=O)N[C@@H]1CCCC(CC)C1. The molecule has 76 valence electrons. The summed E-state index contributed by atoms with van der Waals surface area (Å²) in [5.74, 6) is 1.05. The van der Waals surface area contributed by atoms with Crippen molar-refractivity contribution in [2.75, 3.05) is 0 Å². The van der Waals surface area contributed by atoms with Gasteiger partial charge in [0.25, 0.3) is 0 Å². The molecule has 1 unspecified atom stereocenters. The van der Waals surface area contributed by atoms with Crippen LogP contribution in [0.3, 0.4) is 0 Å². The Morgan fingerprint density at radius 1 is 1.38 bits per heavy atom. The van der Waals surface area contributed by atoms with Gasteiger partial charge in [-0.1, -0.05) is 33.1 Å². The van der Waals surface area contributed by atoms with Gasteiger partial charge in [0.1, 0.15) is 0 Å². The Kier molecular flexibility index (Phi) is 4.26. The summed E-state index contributed by atoms with van der Waals surface area (Å²) >= 11 is 0. The summed E-state index contributed by atoms with van der Waals surface area (Å²) in [6.45, 7) is 4.16. The first-order valence-electron chi connectivity index (χ1n) is 5.55. The number of nitrogens with one attached hydrogen (secondary N) is 1. The largest absolute Gasteiger partial charge is 0.353 e. The van der Waals surface area contributed by atoms with Crippen LogP contribution in [0.25, 0.3) is 0 Å². The maximum Gasteiger partial charge on any atom is 0.219 e. The molecule has 1 aliphatic carbocycles. The molecule has 2 atom stereocenters. The van der Waals surface area contributed by atoms with Crippen LogP contribution in [0.1, 0.15) is 52.4 Å². The molecule has 0 saturated heterocycles. The summed E-state index contributed by atoms with van der Waals surface area (Å²) in [4.78, 5) is 11.2. The molecule has 0 radical (unpaired) electrons. The van der Waals surface area contributed by atoms with Crippen LogP contribution < -0.4 is 5.32 Å². The van der Waals surface area contributed by atoms with E-state index < -0.39 is 0 Å². The Balaban J connectivity index is 2.29. The number of hydrogen-bond donors (Lipinski definition) is 1. The Labute approximate surface area is 81.1 Å². The monoisotopic (exact) mass is 183 g/mol. The van der Waals surface area contributed by atoms with Crippen LogP contribution in [-0.4, -0.2) is 11.9 Å². The number of rotatable bonds is 3. The van der Waals surface area contributed by atoms with Crippen LogP contribution in [0.5, 0.6) is 0 Å². The zero-order valence-corrected chi connectivity index (χ0v) is 8.81. The van der Waals surface area contributed by atoms with E-state index in [1.807, 2.05) is 6.92 Å². The van der Waals surface area contributed by atoms with Crippen molar-refractivity contribution in [3.8, 4) is 0 Å². The standard InChI is InChI=1S/C11H21NO/c1-3-9-6-5-7-10(8-9)12-11(13)4-2/h9-10H,3-8H2,1-2H3,(H,12,13)/t9?,10-/m1/s1. The molecule has 0 heterocycles. The highest BCUT2D eigenvalue weighted by Crippen LogP contribution is 2.26. The molecular formula is C11H21NO. The molecule has 2 heteroatoms. The molecule has 1 fully saturated rings. The second kappa shape index (κ2) is 5.25. The second-order valence-electron chi connectivity index (χ2n) is 4.06. The van der Waals surface area contributed by atoms with Crippen molar-refractivity contribution in [1.29, 1.82) is 0 Å². The summed E-state index contributed by atoms with van der Waals surface area (Å²) in [5.41, 5.74) is 0. The average molecular weight is 183 g/mol. The molecule has 1 aliphatic rings. The van der Waals surface area contributed by atoms with Crippen molar-refractivity contribution in [3.63, 3.8) is 0 Å².